The van der Waals surface area contributed by atoms with Crippen molar-refractivity contribution in [3.05, 3.63) is 23.9 Å². The smallest absolute Gasteiger partial charge is 0.254 e. The van der Waals surface area contributed by atoms with Gasteiger partial charge < -0.3 is 10.2 Å². The van der Waals surface area contributed by atoms with E-state index in [-0.39, 0.29) is 5.91 Å². The predicted molar refractivity (Wildman–Crippen MR) is 72.7 cm³/mol. The molecule has 1 aliphatic carbocycles. The van der Waals surface area contributed by atoms with Crippen molar-refractivity contribution in [2.75, 3.05) is 26.0 Å². The summed E-state index contributed by atoms with van der Waals surface area (Å²) in [5, 5.41) is 3.30. The van der Waals surface area contributed by atoms with Crippen molar-refractivity contribution >= 4 is 11.7 Å². The SMILES string of the molecule is CN(C)C(=O)c1ccc(NCCC2CCC2)nc1. The van der Waals surface area contributed by atoms with Crippen LogP contribution in [-0.4, -0.2) is 36.4 Å². The maximum Gasteiger partial charge on any atom is 0.254 e. The second-order valence-electron chi connectivity index (χ2n) is 5.14. The van der Waals surface area contributed by atoms with Gasteiger partial charge in [-0.15, -0.1) is 0 Å². The average Bonchev–Trinajstić information content (AvgIpc) is 2.32. The lowest BCUT2D eigenvalue weighted by Crippen LogP contribution is -2.21. The van der Waals surface area contributed by atoms with Gasteiger partial charge in [-0.25, -0.2) is 4.98 Å². The third-order valence-electron chi connectivity index (χ3n) is 3.50. The molecule has 1 saturated carbocycles. The standard InChI is InChI=1S/C14H21N3O/c1-17(2)14(18)12-6-7-13(16-10-12)15-9-8-11-4-3-5-11/h6-7,10-11H,3-5,8-9H2,1-2H3,(H,15,16). The number of anilines is 1. The van der Waals surface area contributed by atoms with Gasteiger partial charge in [-0.2, -0.15) is 0 Å². The summed E-state index contributed by atoms with van der Waals surface area (Å²) in [7, 11) is 3.49. The number of hydrogen-bond acceptors (Lipinski definition) is 3. The summed E-state index contributed by atoms with van der Waals surface area (Å²) < 4.78 is 0. The van der Waals surface area contributed by atoms with E-state index in [4.69, 9.17) is 0 Å². The zero-order valence-electron chi connectivity index (χ0n) is 11.1. The first-order valence-electron chi connectivity index (χ1n) is 6.58. The topological polar surface area (TPSA) is 45.2 Å². The summed E-state index contributed by atoms with van der Waals surface area (Å²) >= 11 is 0. The first-order valence-corrected chi connectivity index (χ1v) is 6.58. The van der Waals surface area contributed by atoms with Crippen molar-refractivity contribution < 1.29 is 4.79 Å². The molecule has 4 nitrogen and oxygen atoms in total. The Morgan fingerprint density at radius 3 is 2.72 bits per heavy atom. The molecule has 4 heteroatoms. The molecule has 1 fully saturated rings. The molecule has 1 amide bonds. The molecule has 0 saturated heterocycles. The summed E-state index contributed by atoms with van der Waals surface area (Å²) in [6.07, 6.45) is 7.01. The van der Waals surface area contributed by atoms with Crippen molar-refractivity contribution in [3.63, 3.8) is 0 Å². The van der Waals surface area contributed by atoms with Crippen molar-refractivity contribution in [1.29, 1.82) is 0 Å². The van der Waals surface area contributed by atoms with Crippen LogP contribution in [0.4, 0.5) is 5.82 Å². The Kier molecular flexibility index (Phi) is 4.18. The number of nitrogens with one attached hydrogen (secondary N) is 1. The van der Waals surface area contributed by atoms with Gasteiger partial charge in [0, 0.05) is 26.8 Å². The minimum absolute atomic E-state index is 0.0106. The quantitative estimate of drug-likeness (QED) is 0.869. The maximum atomic E-state index is 11.7. The highest BCUT2D eigenvalue weighted by Gasteiger charge is 2.16. The van der Waals surface area contributed by atoms with Gasteiger partial charge in [0.15, 0.2) is 0 Å². The van der Waals surface area contributed by atoms with Crippen LogP contribution in [0.25, 0.3) is 0 Å². The molecular weight excluding hydrogens is 226 g/mol. The number of carbonyl (C=O) groups excluding carboxylic acids is 1. The number of carbonyl (C=O) groups is 1. The van der Waals surface area contributed by atoms with Crippen molar-refractivity contribution in [1.82, 2.24) is 9.88 Å². The van der Waals surface area contributed by atoms with Crippen LogP contribution in [0.15, 0.2) is 18.3 Å². The Balaban J connectivity index is 1.81. The molecule has 0 aliphatic heterocycles. The van der Waals surface area contributed by atoms with Crippen LogP contribution >= 0.6 is 0 Å². The monoisotopic (exact) mass is 247 g/mol. The number of nitrogens with zero attached hydrogens (tertiary/aromatic N) is 2. The molecule has 18 heavy (non-hydrogen) atoms. The Morgan fingerprint density at radius 1 is 1.44 bits per heavy atom. The molecule has 0 atom stereocenters. The molecule has 98 valence electrons. The van der Waals surface area contributed by atoms with E-state index in [1.807, 2.05) is 12.1 Å². The number of hydrogen-bond donors (Lipinski definition) is 1. The molecule has 0 spiro atoms. The van der Waals surface area contributed by atoms with E-state index in [0.717, 1.165) is 18.3 Å². The van der Waals surface area contributed by atoms with E-state index in [1.165, 1.54) is 25.7 Å². The Bertz CT molecular complexity index is 396. The number of amides is 1. The largest absolute Gasteiger partial charge is 0.370 e. The Labute approximate surface area is 108 Å². The summed E-state index contributed by atoms with van der Waals surface area (Å²) in [4.78, 5) is 17.5. The molecule has 0 bridgehead atoms. The number of pyridine rings is 1. The lowest BCUT2D eigenvalue weighted by Gasteiger charge is -2.25. The molecule has 1 heterocycles. The highest BCUT2D eigenvalue weighted by atomic mass is 16.2. The van der Waals surface area contributed by atoms with Crippen LogP contribution in [0.1, 0.15) is 36.0 Å². The van der Waals surface area contributed by atoms with Crippen molar-refractivity contribution in [2.24, 2.45) is 5.92 Å². The Hall–Kier alpha value is -1.58. The van der Waals surface area contributed by atoms with Crippen LogP contribution in [-0.2, 0) is 0 Å². The minimum Gasteiger partial charge on any atom is -0.370 e. The molecule has 0 unspecified atom stereocenters. The fourth-order valence-electron chi connectivity index (χ4n) is 2.07. The van der Waals surface area contributed by atoms with Gasteiger partial charge in [0.1, 0.15) is 5.82 Å². The van der Waals surface area contributed by atoms with Gasteiger partial charge in [0.2, 0.25) is 0 Å². The highest BCUT2D eigenvalue weighted by molar-refractivity contribution is 5.93. The fraction of sp³-hybridized carbons (Fsp3) is 0.571. The number of rotatable bonds is 5. The molecule has 0 aromatic carbocycles. The zero-order valence-corrected chi connectivity index (χ0v) is 11.1. The van der Waals surface area contributed by atoms with Gasteiger partial charge in [-0.05, 0) is 24.5 Å². The summed E-state index contributed by atoms with van der Waals surface area (Å²) in [5.74, 6) is 1.75. The van der Waals surface area contributed by atoms with Crippen molar-refractivity contribution in [3.8, 4) is 0 Å². The fourth-order valence-corrected chi connectivity index (χ4v) is 2.07. The van der Waals surface area contributed by atoms with Gasteiger partial charge >= 0.3 is 0 Å². The average molecular weight is 247 g/mol. The molecule has 0 radical (unpaired) electrons. The molecule has 1 aromatic rings. The van der Waals surface area contributed by atoms with E-state index < -0.39 is 0 Å². The van der Waals surface area contributed by atoms with E-state index in [1.54, 1.807) is 25.2 Å². The van der Waals surface area contributed by atoms with Gasteiger partial charge in [-0.3, -0.25) is 4.79 Å². The number of aromatic nitrogens is 1. The summed E-state index contributed by atoms with van der Waals surface area (Å²) in [5.41, 5.74) is 0.629. The van der Waals surface area contributed by atoms with Crippen LogP contribution in [0.2, 0.25) is 0 Å². The van der Waals surface area contributed by atoms with Crippen LogP contribution in [0, 0.1) is 5.92 Å². The van der Waals surface area contributed by atoms with Gasteiger partial charge in [0.25, 0.3) is 5.91 Å². The van der Waals surface area contributed by atoms with E-state index >= 15 is 0 Å². The first kappa shape index (κ1) is 12.9. The summed E-state index contributed by atoms with van der Waals surface area (Å²) in [6.45, 7) is 0.971. The molecule has 1 N–H and O–H groups in total. The third kappa shape index (κ3) is 3.22. The van der Waals surface area contributed by atoms with Crippen LogP contribution < -0.4 is 5.32 Å². The second kappa shape index (κ2) is 5.85. The molecule has 1 aromatic heterocycles. The lowest BCUT2D eigenvalue weighted by atomic mass is 9.83. The molecular formula is C14H21N3O. The Morgan fingerprint density at radius 2 is 2.22 bits per heavy atom. The predicted octanol–water partition coefficient (Wildman–Crippen LogP) is 2.39. The lowest BCUT2D eigenvalue weighted by molar-refractivity contribution is 0.0827. The van der Waals surface area contributed by atoms with Crippen LogP contribution in [0.3, 0.4) is 0 Å². The zero-order chi connectivity index (χ0) is 13.0. The van der Waals surface area contributed by atoms with Gasteiger partial charge in [0.05, 0.1) is 5.56 Å². The van der Waals surface area contributed by atoms with E-state index in [9.17, 15) is 4.79 Å². The molecule has 1 aliphatic rings. The van der Waals surface area contributed by atoms with E-state index in [2.05, 4.69) is 10.3 Å². The third-order valence-corrected chi connectivity index (χ3v) is 3.50. The minimum atomic E-state index is -0.0106. The van der Waals surface area contributed by atoms with Crippen molar-refractivity contribution in [2.45, 2.75) is 25.7 Å². The van der Waals surface area contributed by atoms with Crippen LogP contribution in [0.5, 0.6) is 0 Å². The summed E-state index contributed by atoms with van der Waals surface area (Å²) in [6, 6.07) is 3.69. The molecule has 2 rings (SSSR count). The highest BCUT2D eigenvalue weighted by Crippen LogP contribution is 2.29. The maximum absolute atomic E-state index is 11.7. The second-order valence-corrected chi connectivity index (χ2v) is 5.14. The van der Waals surface area contributed by atoms with E-state index in [0.29, 0.717) is 5.56 Å². The van der Waals surface area contributed by atoms with Gasteiger partial charge in [-0.1, -0.05) is 19.3 Å². The normalized spacial score (nSPS) is 15.0. The first-order chi connectivity index (χ1) is 8.66.